The maximum atomic E-state index is 5.94. The van der Waals surface area contributed by atoms with Crippen molar-refractivity contribution in [2.45, 2.75) is 25.7 Å². The Hall–Kier alpha value is -1.91. The molecule has 0 amide bonds. The molecule has 20 heavy (non-hydrogen) atoms. The van der Waals surface area contributed by atoms with Crippen molar-refractivity contribution in [3.05, 3.63) is 60.4 Å². The first-order valence-corrected chi connectivity index (χ1v) is 6.91. The summed E-state index contributed by atoms with van der Waals surface area (Å²) < 4.78 is 5.62. The standard InChI is InChI=1S/C16H18N2O2/c1-2-19-16-11-15(13-7-6-10-17-12-13)18(20-16)14-8-4-3-5-9-14/h3-10,12,15-16H,2,11H2,1H3/t15-,16-/m0/s1. The second-order valence-corrected chi connectivity index (χ2v) is 4.69. The zero-order chi connectivity index (χ0) is 13.8. The molecule has 2 aromatic rings. The van der Waals surface area contributed by atoms with E-state index in [0.717, 1.165) is 17.7 Å². The van der Waals surface area contributed by atoms with Crippen molar-refractivity contribution in [1.29, 1.82) is 0 Å². The van der Waals surface area contributed by atoms with E-state index < -0.39 is 0 Å². The zero-order valence-corrected chi connectivity index (χ0v) is 11.5. The number of para-hydroxylation sites is 1. The Morgan fingerprint density at radius 3 is 2.80 bits per heavy atom. The van der Waals surface area contributed by atoms with E-state index in [2.05, 4.69) is 11.1 Å². The van der Waals surface area contributed by atoms with Crippen LogP contribution < -0.4 is 5.06 Å². The number of hydrogen-bond donors (Lipinski definition) is 0. The second-order valence-electron chi connectivity index (χ2n) is 4.69. The highest BCUT2D eigenvalue weighted by atomic mass is 16.8. The fraction of sp³-hybridized carbons (Fsp3) is 0.312. The average molecular weight is 270 g/mol. The molecule has 1 fully saturated rings. The first-order valence-electron chi connectivity index (χ1n) is 6.91. The number of anilines is 1. The van der Waals surface area contributed by atoms with Gasteiger partial charge in [0.15, 0.2) is 6.29 Å². The van der Waals surface area contributed by atoms with Crippen LogP contribution in [0.5, 0.6) is 0 Å². The molecule has 2 atom stereocenters. The smallest absolute Gasteiger partial charge is 0.186 e. The van der Waals surface area contributed by atoms with Gasteiger partial charge in [-0.2, -0.15) is 0 Å². The molecule has 0 unspecified atom stereocenters. The largest absolute Gasteiger partial charge is 0.350 e. The van der Waals surface area contributed by atoms with E-state index in [9.17, 15) is 0 Å². The van der Waals surface area contributed by atoms with Crippen molar-refractivity contribution >= 4 is 5.69 Å². The van der Waals surface area contributed by atoms with Crippen molar-refractivity contribution in [2.24, 2.45) is 0 Å². The van der Waals surface area contributed by atoms with Gasteiger partial charge in [0, 0.05) is 25.4 Å². The van der Waals surface area contributed by atoms with Gasteiger partial charge in [-0.15, -0.1) is 0 Å². The van der Waals surface area contributed by atoms with Gasteiger partial charge in [-0.1, -0.05) is 24.3 Å². The minimum Gasteiger partial charge on any atom is -0.350 e. The van der Waals surface area contributed by atoms with E-state index in [4.69, 9.17) is 9.57 Å². The number of ether oxygens (including phenoxy) is 1. The van der Waals surface area contributed by atoms with Crippen molar-refractivity contribution in [1.82, 2.24) is 4.98 Å². The van der Waals surface area contributed by atoms with E-state index >= 15 is 0 Å². The lowest BCUT2D eigenvalue weighted by Crippen LogP contribution is -2.22. The molecule has 0 radical (unpaired) electrons. The van der Waals surface area contributed by atoms with Gasteiger partial charge in [0.2, 0.25) is 0 Å². The van der Waals surface area contributed by atoms with Crippen molar-refractivity contribution in [3.8, 4) is 0 Å². The lowest BCUT2D eigenvalue weighted by Gasteiger charge is -2.24. The van der Waals surface area contributed by atoms with Crippen LogP contribution in [0, 0.1) is 0 Å². The Bertz CT molecular complexity index is 485. The van der Waals surface area contributed by atoms with E-state index in [1.165, 1.54) is 0 Å². The first kappa shape index (κ1) is 13.1. The van der Waals surface area contributed by atoms with Crippen molar-refractivity contribution in [3.63, 3.8) is 0 Å². The van der Waals surface area contributed by atoms with Gasteiger partial charge in [-0.3, -0.25) is 4.98 Å². The quantitative estimate of drug-likeness (QED) is 0.853. The molecule has 4 heteroatoms. The van der Waals surface area contributed by atoms with Crippen LogP contribution in [0.25, 0.3) is 0 Å². The summed E-state index contributed by atoms with van der Waals surface area (Å²) in [6, 6.07) is 14.2. The molecule has 1 aliphatic heterocycles. The van der Waals surface area contributed by atoms with Gasteiger partial charge in [0.05, 0.1) is 11.7 Å². The predicted molar refractivity (Wildman–Crippen MR) is 77.0 cm³/mol. The summed E-state index contributed by atoms with van der Waals surface area (Å²) in [7, 11) is 0. The molecule has 1 aromatic heterocycles. The number of aromatic nitrogens is 1. The molecular formula is C16H18N2O2. The van der Waals surface area contributed by atoms with Gasteiger partial charge in [0.25, 0.3) is 0 Å². The van der Waals surface area contributed by atoms with Crippen LogP contribution in [0.1, 0.15) is 24.9 Å². The summed E-state index contributed by atoms with van der Waals surface area (Å²) >= 11 is 0. The van der Waals surface area contributed by atoms with Crippen LogP contribution >= 0.6 is 0 Å². The molecule has 1 aliphatic rings. The summed E-state index contributed by atoms with van der Waals surface area (Å²) in [6.45, 7) is 2.63. The average Bonchev–Trinajstić information content (AvgIpc) is 2.93. The number of benzene rings is 1. The first-order chi connectivity index (χ1) is 9.88. The molecule has 1 aromatic carbocycles. The summed E-state index contributed by atoms with van der Waals surface area (Å²) in [5.74, 6) is 0. The van der Waals surface area contributed by atoms with E-state index in [1.54, 1.807) is 6.20 Å². The van der Waals surface area contributed by atoms with E-state index in [0.29, 0.717) is 6.61 Å². The summed E-state index contributed by atoms with van der Waals surface area (Å²) in [5, 5.41) is 1.93. The molecule has 104 valence electrons. The SMILES string of the molecule is CCO[C@@H]1C[C@@H](c2cccnc2)N(c2ccccc2)O1. The topological polar surface area (TPSA) is 34.6 Å². The van der Waals surface area contributed by atoms with Crippen LogP contribution in [0.3, 0.4) is 0 Å². The molecule has 3 rings (SSSR count). The van der Waals surface area contributed by atoms with Gasteiger partial charge < -0.3 is 4.74 Å². The maximum absolute atomic E-state index is 5.94. The Morgan fingerprint density at radius 1 is 1.25 bits per heavy atom. The van der Waals surface area contributed by atoms with Crippen LogP contribution in [0.15, 0.2) is 54.9 Å². The molecule has 0 N–H and O–H groups in total. The second kappa shape index (κ2) is 6.03. The van der Waals surface area contributed by atoms with Crippen molar-refractivity contribution < 1.29 is 9.57 Å². The van der Waals surface area contributed by atoms with E-state index in [1.807, 2.05) is 54.6 Å². The zero-order valence-electron chi connectivity index (χ0n) is 11.5. The fourth-order valence-corrected chi connectivity index (χ4v) is 2.47. The highest BCUT2D eigenvalue weighted by Crippen LogP contribution is 2.37. The van der Waals surface area contributed by atoms with Crippen molar-refractivity contribution in [2.75, 3.05) is 11.7 Å². The predicted octanol–water partition coefficient (Wildman–Crippen LogP) is 3.33. The van der Waals surface area contributed by atoms with Gasteiger partial charge in [-0.05, 0) is 30.7 Å². The Morgan fingerprint density at radius 2 is 2.10 bits per heavy atom. The number of hydroxylamine groups is 1. The van der Waals surface area contributed by atoms with Gasteiger partial charge in [-0.25, -0.2) is 9.90 Å². The molecule has 1 saturated heterocycles. The Kier molecular flexibility index (Phi) is 3.95. The van der Waals surface area contributed by atoms with Crippen LogP contribution in [0.4, 0.5) is 5.69 Å². The van der Waals surface area contributed by atoms with E-state index in [-0.39, 0.29) is 12.3 Å². The minimum atomic E-state index is -0.203. The number of pyridine rings is 1. The van der Waals surface area contributed by atoms with Crippen LogP contribution in [-0.2, 0) is 9.57 Å². The lowest BCUT2D eigenvalue weighted by atomic mass is 10.1. The summed E-state index contributed by atoms with van der Waals surface area (Å²) in [4.78, 5) is 10.1. The third-order valence-corrected chi connectivity index (χ3v) is 3.36. The normalized spacial score (nSPS) is 22.1. The third-order valence-electron chi connectivity index (χ3n) is 3.36. The minimum absolute atomic E-state index is 0.127. The molecule has 0 saturated carbocycles. The van der Waals surface area contributed by atoms with Crippen LogP contribution in [0.2, 0.25) is 0 Å². The lowest BCUT2D eigenvalue weighted by molar-refractivity contribution is -0.115. The third kappa shape index (κ3) is 2.66. The fourth-order valence-electron chi connectivity index (χ4n) is 2.47. The molecule has 0 aliphatic carbocycles. The summed E-state index contributed by atoms with van der Waals surface area (Å²) in [6.07, 6.45) is 4.27. The van der Waals surface area contributed by atoms with Crippen LogP contribution in [-0.4, -0.2) is 17.9 Å². The number of rotatable bonds is 4. The highest BCUT2D eigenvalue weighted by molar-refractivity contribution is 5.46. The highest BCUT2D eigenvalue weighted by Gasteiger charge is 2.35. The maximum Gasteiger partial charge on any atom is 0.186 e. The molecule has 0 bridgehead atoms. The monoisotopic (exact) mass is 270 g/mol. The molecular weight excluding hydrogens is 252 g/mol. The molecule has 0 spiro atoms. The summed E-state index contributed by atoms with van der Waals surface area (Å²) in [5.41, 5.74) is 2.17. The van der Waals surface area contributed by atoms with Gasteiger partial charge in [0.1, 0.15) is 0 Å². The number of hydrogen-bond acceptors (Lipinski definition) is 4. The Balaban J connectivity index is 1.89. The Labute approximate surface area is 118 Å². The molecule has 4 nitrogen and oxygen atoms in total. The number of nitrogens with zero attached hydrogens (tertiary/aromatic N) is 2. The van der Waals surface area contributed by atoms with Gasteiger partial charge >= 0.3 is 0 Å². The molecule has 2 heterocycles.